The van der Waals surface area contributed by atoms with Crippen molar-refractivity contribution >= 4 is 34.1 Å². The van der Waals surface area contributed by atoms with Crippen molar-refractivity contribution in [2.24, 2.45) is 5.10 Å². The number of carbonyl (C=O) groups is 1. The second kappa shape index (κ2) is 8.45. The lowest BCUT2D eigenvalue weighted by Gasteiger charge is -2.22. The highest BCUT2D eigenvalue weighted by atomic mass is 35.5. The normalized spacial score (nSPS) is 15.7. The second-order valence-electron chi connectivity index (χ2n) is 8.46. The molecule has 0 N–H and O–H groups in total. The number of aryl methyl sites for hydroxylation is 2. The van der Waals surface area contributed by atoms with Crippen LogP contribution in [0.25, 0.3) is 22.0 Å². The van der Waals surface area contributed by atoms with Crippen molar-refractivity contribution in [2.75, 3.05) is 0 Å². The molecule has 1 aliphatic heterocycles. The first kappa shape index (κ1) is 21.4. The highest BCUT2D eigenvalue weighted by Gasteiger charge is 2.34. The maximum absolute atomic E-state index is 12.6. The van der Waals surface area contributed by atoms with Gasteiger partial charge < -0.3 is 0 Å². The van der Waals surface area contributed by atoms with E-state index in [2.05, 4.69) is 31.2 Å². The maximum Gasteiger partial charge on any atom is 0.240 e. The first-order chi connectivity index (χ1) is 15.9. The van der Waals surface area contributed by atoms with Crippen LogP contribution in [0.2, 0.25) is 5.02 Å². The van der Waals surface area contributed by atoms with Crippen molar-refractivity contribution in [3.05, 3.63) is 100 Å². The largest absolute Gasteiger partial charge is 0.273 e. The molecule has 0 spiro atoms. The number of pyridine rings is 1. The number of nitrogens with zero attached hydrogens (tertiary/aromatic N) is 3. The van der Waals surface area contributed by atoms with Gasteiger partial charge in [0.05, 0.1) is 17.3 Å². The van der Waals surface area contributed by atoms with Crippen LogP contribution in [0.15, 0.2) is 77.9 Å². The van der Waals surface area contributed by atoms with Gasteiger partial charge in [-0.05, 0) is 48.7 Å². The summed E-state index contributed by atoms with van der Waals surface area (Å²) in [5.41, 5.74) is 7.99. The van der Waals surface area contributed by atoms with Crippen LogP contribution in [0.4, 0.5) is 0 Å². The predicted octanol–water partition coefficient (Wildman–Crippen LogP) is 6.87. The Morgan fingerprint density at radius 1 is 0.970 bits per heavy atom. The zero-order valence-electron chi connectivity index (χ0n) is 18.8. The summed E-state index contributed by atoms with van der Waals surface area (Å²) < 4.78 is 0. The van der Waals surface area contributed by atoms with Crippen LogP contribution >= 0.6 is 11.6 Å². The molecule has 33 heavy (non-hydrogen) atoms. The molecule has 0 saturated heterocycles. The number of hydrogen-bond donors (Lipinski definition) is 0. The number of carbonyl (C=O) groups excluding carboxylic acids is 1. The quantitative estimate of drug-likeness (QED) is 0.339. The van der Waals surface area contributed by atoms with Crippen molar-refractivity contribution in [3.8, 4) is 11.1 Å². The molecule has 1 aliphatic rings. The molecular weight excluding hydrogens is 430 g/mol. The molecule has 0 aliphatic carbocycles. The van der Waals surface area contributed by atoms with Gasteiger partial charge in [-0.3, -0.25) is 9.78 Å². The summed E-state index contributed by atoms with van der Waals surface area (Å²) >= 11 is 6.40. The number of fused-ring (bicyclic) bond motifs is 1. The van der Waals surface area contributed by atoms with Gasteiger partial charge in [0.2, 0.25) is 5.91 Å². The van der Waals surface area contributed by atoms with E-state index in [4.69, 9.17) is 21.7 Å². The summed E-state index contributed by atoms with van der Waals surface area (Å²) in [6, 6.07) is 24.1. The Labute approximate surface area is 198 Å². The third-order valence-electron chi connectivity index (χ3n) is 6.26. The molecule has 164 valence electrons. The first-order valence-electron chi connectivity index (χ1n) is 11.0. The molecule has 5 heteroatoms. The Kier molecular flexibility index (Phi) is 5.47. The fourth-order valence-electron chi connectivity index (χ4n) is 4.77. The van der Waals surface area contributed by atoms with Crippen LogP contribution in [0.1, 0.15) is 41.8 Å². The highest BCUT2D eigenvalue weighted by Crippen LogP contribution is 2.40. The monoisotopic (exact) mass is 453 g/mol. The molecule has 4 nitrogen and oxygen atoms in total. The molecule has 1 aromatic heterocycles. The molecule has 5 rings (SSSR count). The van der Waals surface area contributed by atoms with E-state index >= 15 is 0 Å². The van der Waals surface area contributed by atoms with Gasteiger partial charge in [0.25, 0.3) is 0 Å². The maximum atomic E-state index is 12.6. The van der Waals surface area contributed by atoms with Gasteiger partial charge >= 0.3 is 0 Å². The standard InChI is InChI=1S/C28H24ClN3O/c1-17-9-7-8-12-22(17)26-16-25(31-32(26)19(3)33)27-18(2)30-24-14-13-21(29)15-23(24)28(27)20-10-5-4-6-11-20/h4-15,26H,16H2,1-3H3/t26-/m1/s1. The van der Waals surface area contributed by atoms with Gasteiger partial charge in [0.15, 0.2) is 0 Å². The predicted molar refractivity (Wildman–Crippen MR) is 135 cm³/mol. The van der Waals surface area contributed by atoms with Crippen LogP contribution in [0.3, 0.4) is 0 Å². The molecule has 1 atom stereocenters. The number of halogens is 1. The van der Waals surface area contributed by atoms with Crippen LogP contribution < -0.4 is 0 Å². The minimum Gasteiger partial charge on any atom is -0.273 e. The SMILES string of the molecule is CC(=O)N1N=C(c2c(C)nc3ccc(Cl)cc3c2-c2ccccc2)C[C@@H]1c1ccccc1C. The average molecular weight is 454 g/mol. The van der Waals surface area contributed by atoms with Crippen molar-refractivity contribution in [1.82, 2.24) is 9.99 Å². The van der Waals surface area contributed by atoms with Gasteiger partial charge in [-0.2, -0.15) is 5.10 Å². The zero-order valence-corrected chi connectivity index (χ0v) is 19.6. The Morgan fingerprint density at radius 3 is 2.42 bits per heavy atom. The van der Waals surface area contributed by atoms with E-state index in [1.54, 1.807) is 11.9 Å². The van der Waals surface area contributed by atoms with Gasteiger partial charge in [-0.1, -0.05) is 66.2 Å². The summed E-state index contributed by atoms with van der Waals surface area (Å²) in [7, 11) is 0. The zero-order chi connectivity index (χ0) is 23.1. The highest BCUT2D eigenvalue weighted by molar-refractivity contribution is 6.31. The van der Waals surface area contributed by atoms with E-state index in [1.807, 2.05) is 55.5 Å². The summed E-state index contributed by atoms with van der Waals surface area (Å²) in [5.74, 6) is -0.0750. The molecule has 0 unspecified atom stereocenters. The fraction of sp³-hybridized carbons (Fsp3) is 0.179. The number of amides is 1. The Bertz CT molecular complexity index is 1410. The lowest BCUT2D eigenvalue weighted by molar-refractivity contribution is -0.130. The smallest absolute Gasteiger partial charge is 0.240 e. The van der Waals surface area contributed by atoms with Gasteiger partial charge in [0.1, 0.15) is 0 Å². The van der Waals surface area contributed by atoms with Gasteiger partial charge in [0, 0.05) is 40.6 Å². The van der Waals surface area contributed by atoms with Crippen LogP contribution in [0, 0.1) is 13.8 Å². The molecule has 2 heterocycles. The van der Waals surface area contributed by atoms with Crippen molar-refractivity contribution in [2.45, 2.75) is 33.2 Å². The van der Waals surface area contributed by atoms with E-state index in [0.29, 0.717) is 11.4 Å². The molecule has 0 radical (unpaired) electrons. The molecule has 0 bridgehead atoms. The molecule has 3 aromatic carbocycles. The van der Waals surface area contributed by atoms with Gasteiger partial charge in [-0.15, -0.1) is 0 Å². The Morgan fingerprint density at radius 2 is 1.70 bits per heavy atom. The third-order valence-corrected chi connectivity index (χ3v) is 6.49. The summed E-state index contributed by atoms with van der Waals surface area (Å²) in [6.07, 6.45) is 0.624. The summed E-state index contributed by atoms with van der Waals surface area (Å²) in [4.78, 5) is 17.5. The minimum absolute atomic E-state index is 0.0750. The van der Waals surface area contributed by atoms with Crippen molar-refractivity contribution in [1.29, 1.82) is 0 Å². The molecule has 1 amide bonds. The Hall–Kier alpha value is -3.50. The van der Waals surface area contributed by atoms with E-state index in [1.165, 1.54) is 0 Å². The van der Waals surface area contributed by atoms with Crippen LogP contribution in [0.5, 0.6) is 0 Å². The number of benzene rings is 3. The number of hydrogen-bond acceptors (Lipinski definition) is 3. The number of aromatic nitrogens is 1. The van der Waals surface area contributed by atoms with Crippen molar-refractivity contribution in [3.63, 3.8) is 0 Å². The van der Waals surface area contributed by atoms with Crippen LogP contribution in [-0.4, -0.2) is 21.6 Å². The first-order valence-corrected chi connectivity index (χ1v) is 11.4. The van der Waals surface area contributed by atoms with E-state index in [-0.39, 0.29) is 11.9 Å². The molecule has 0 fully saturated rings. The minimum atomic E-state index is -0.142. The lowest BCUT2D eigenvalue weighted by Crippen LogP contribution is -2.24. The Balaban J connectivity index is 1.75. The summed E-state index contributed by atoms with van der Waals surface area (Å²) in [6.45, 7) is 5.66. The van der Waals surface area contributed by atoms with E-state index < -0.39 is 0 Å². The fourth-order valence-corrected chi connectivity index (χ4v) is 4.94. The lowest BCUT2D eigenvalue weighted by atomic mass is 9.88. The van der Waals surface area contributed by atoms with Gasteiger partial charge in [-0.25, -0.2) is 5.01 Å². The van der Waals surface area contributed by atoms with E-state index in [9.17, 15) is 4.79 Å². The topological polar surface area (TPSA) is 45.6 Å². The van der Waals surface area contributed by atoms with E-state index in [0.717, 1.165) is 50.1 Å². The third kappa shape index (κ3) is 3.81. The number of rotatable bonds is 3. The van der Waals surface area contributed by atoms with Crippen molar-refractivity contribution < 1.29 is 4.79 Å². The molecule has 0 saturated carbocycles. The molecular formula is C28H24ClN3O. The average Bonchev–Trinajstić information content (AvgIpc) is 3.24. The number of hydrazone groups is 1. The molecule has 4 aromatic rings. The second-order valence-corrected chi connectivity index (χ2v) is 8.90. The van der Waals surface area contributed by atoms with Crippen LogP contribution in [-0.2, 0) is 4.79 Å². The summed E-state index contributed by atoms with van der Waals surface area (Å²) in [5, 5.41) is 8.12.